The summed E-state index contributed by atoms with van der Waals surface area (Å²) in [5.41, 5.74) is 1.57. The Hall–Kier alpha value is -0.410. The molecule has 104 valence electrons. The van der Waals surface area contributed by atoms with Crippen LogP contribution in [0.5, 0.6) is 0 Å². The van der Waals surface area contributed by atoms with Gasteiger partial charge in [-0.15, -0.1) is 11.3 Å². The van der Waals surface area contributed by atoms with Gasteiger partial charge >= 0.3 is 0 Å². The second-order valence-electron chi connectivity index (χ2n) is 6.34. The molecule has 0 aliphatic carbocycles. The second kappa shape index (κ2) is 7.25. The Labute approximate surface area is 116 Å². The van der Waals surface area contributed by atoms with Crippen LogP contribution in [0.25, 0.3) is 0 Å². The summed E-state index contributed by atoms with van der Waals surface area (Å²) in [5.74, 6) is 0. The van der Waals surface area contributed by atoms with E-state index >= 15 is 0 Å². The number of thiazole rings is 1. The second-order valence-corrected chi connectivity index (χ2v) is 7.28. The van der Waals surface area contributed by atoms with Crippen LogP contribution < -0.4 is 5.32 Å². The van der Waals surface area contributed by atoms with Crippen molar-refractivity contribution in [2.45, 2.75) is 66.3 Å². The van der Waals surface area contributed by atoms with E-state index in [9.17, 15) is 0 Å². The first kappa shape index (κ1) is 15.6. The van der Waals surface area contributed by atoms with Crippen LogP contribution >= 0.6 is 11.3 Å². The van der Waals surface area contributed by atoms with Crippen molar-refractivity contribution in [3.63, 3.8) is 0 Å². The van der Waals surface area contributed by atoms with Gasteiger partial charge in [0.15, 0.2) is 0 Å². The summed E-state index contributed by atoms with van der Waals surface area (Å²) in [6, 6.07) is 0.578. The first-order valence-electron chi connectivity index (χ1n) is 7.05. The third-order valence-electron chi connectivity index (χ3n) is 3.01. The molecule has 0 radical (unpaired) electrons. The predicted molar refractivity (Wildman–Crippen MR) is 81.3 cm³/mol. The Kier molecular flexibility index (Phi) is 6.30. The first-order chi connectivity index (χ1) is 8.40. The van der Waals surface area contributed by atoms with Gasteiger partial charge in [-0.05, 0) is 38.1 Å². The van der Waals surface area contributed by atoms with Gasteiger partial charge in [0.1, 0.15) is 0 Å². The molecule has 0 aliphatic heterocycles. The van der Waals surface area contributed by atoms with Crippen molar-refractivity contribution in [3.8, 4) is 0 Å². The molecule has 0 aromatic carbocycles. The number of nitrogens with one attached hydrogen (secondary N) is 1. The molecule has 1 atom stereocenters. The van der Waals surface area contributed by atoms with E-state index in [0.717, 1.165) is 18.7 Å². The molecule has 0 saturated carbocycles. The van der Waals surface area contributed by atoms with Gasteiger partial charge in [-0.3, -0.25) is 0 Å². The van der Waals surface area contributed by atoms with Crippen LogP contribution in [0.2, 0.25) is 0 Å². The highest BCUT2D eigenvalue weighted by Crippen LogP contribution is 2.23. The van der Waals surface area contributed by atoms with Crippen LogP contribution in [0.3, 0.4) is 0 Å². The van der Waals surface area contributed by atoms with Gasteiger partial charge in [-0.2, -0.15) is 0 Å². The van der Waals surface area contributed by atoms with Crippen LogP contribution in [-0.2, 0) is 6.42 Å². The third kappa shape index (κ3) is 6.50. The van der Waals surface area contributed by atoms with Gasteiger partial charge in [0.05, 0.1) is 5.01 Å². The van der Waals surface area contributed by atoms with Crippen LogP contribution in [0.4, 0.5) is 0 Å². The van der Waals surface area contributed by atoms with E-state index in [-0.39, 0.29) is 0 Å². The minimum Gasteiger partial charge on any atom is -0.314 e. The largest absolute Gasteiger partial charge is 0.314 e. The molecule has 0 saturated heterocycles. The number of hydrogen-bond acceptors (Lipinski definition) is 3. The minimum atomic E-state index is 0.422. The molecule has 0 amide bonds. The number of nitrogens with zero attached hydrogens (tertiary/aromatic N) is 1. The maximum absolute atomic E-state index is 4.58. The molecule has 2 nitrogen and oxygen atoms in total. The van der Waals surface area contributed by atoms with Gasteiger partial charge in [-0.25, -0.2) is 4.98 Å². The summed E-state index contributed by atoms with van der Waals surface area (Å²) in [6.07, 6.45) is 4.78. The summed E-state index contributed by atoms with van der Waals surface area (Å²) < 4.78 is 0. The number of aryl methyl sites for hydroxylation is 1. The SMILES string of the molecule is CCCNC(CCC(C)(C)C)Cc1nc(C)cs1. The standard InChI is InChI=1S/C15H28N2S/c1-6-9-16-13(7-8-15(3,4)5)10-14-17-12(2)11-18-14/h11,13,16H,6-10H2,1-5H3. The summed E-state index contributed by atoms with van der Waals surface area (Å²) in [4.78, 5) is 4.58. The van der Waals surface area contributed by atoms with Gasteiger partial charge < -0.3 is 5.32 Å². The van der Waals surface area contributed by atoms with Crippen molar-refractivity contribution >= 4 is 11.3 Å². The van der Waals surface area contributed by atoms with E-state index in [2.05, 4.69) is 50.3 Å². The highest BCUT2D eigenvalue weighted by Gasteiger charge is 2.16. The van der Waals surface area contributed by atoms with Gasteiger partial charge in [0.2, 0.25) is 0 Å². The summed E-state index contributed by atoms with van der Waals surface area (Å²) >= 11 is 1.79. The molecule has 1 rings (SSSR count). The van der Waals surface area contributed by atoms with Crippen molar-refractivity contribution in [3.05, 3.63) is 16.1 Å². The van der Waals surface area contributed by atoms with Crippen molar-refractivity contribution < 1.29 is 0 Å². The molecule has 18 heavy (non-hydrogen) atoms. The average Bonchev–Trinajstić information content (AvgIpc) is 2.67. The van der Waals surface area contributed by atoms with Crippen molar-refractivity contribution in [2.24, 2.45) is 5.41 Å². The monoisotopic (exact) mass is 268 g/mol. The fourth-order valence-electron chi connectivity index (χ4n) is 1.94. The van der Waals surface area contributed by atoms with E-state index < -0.39 is 0 Å². The Morgan fingerprint density at radius 1 is 1.39 bits per heavy atom. The van der Waals surface area contributed by atoms with Gasteiger partial charge in [-0.1, -0.05) is 27.7 Å². The van der Waals surface area contributed by atoms with E-state index in [1.54, 1.807) is 11.3 Å². The average molecular weight is 268 g/mol. The molecule has 1 aromatic rings. The topological polar surface area (TPSA) is 24.9 Å². The lowest BCUT2D eigenvalue weighted by Gasteiger charge is -2.23. The highest BCUT2D eigenvalue weighted by molar-refractivity contribution is 7.09. The lowest BCUT2D eigenvalue weighted by Crippen LogP contribution is -2.32. The van der Waals surface area contributed by atoms with E-state index in [1.165, 1.54) is 24.3 Å². The smallest absolute Gasteiger partial charge is 0.0943 e. The van der Waals surface area contributed by atoms with E-state index in [1.807, 2.05) is 0 Å². The van der Waals surface area contributed by atoms with Gasteiger partial charge in [0, 0.05) is 23.5 Å². The normalized spacial score (nSPS) is 13.8. The predicted octanol–water partition coefficient (Wildman–Crippen LogP) is 4.19. The molecular weight excluding hydrogens is 240 g/mol. The zero-order valence-corrected chi connectivity index (χ0v) is 13.4. The van der Waals surface area contributed by atoms with Crippen molar-refractivity contribution in [2.75, 3.05) is 6.54 Å². The molecule has 0 aliphatic rings. The van der Waals surface area contributed by atoms with Crippen LogP contribution in [0, 0.1) is 12.3 Å². The van der Waals surface area contributed by atoms with E-state index in [0.29, 0.717) is 11.5 Å². The molecule has 0 fully saturated rings. The molecule has 1 heterocycles. The Morgan fingerprint density at radius 3 is 2.61 bits per heavy atom. The summed E-state index contributed by atoms with van der Waals surface area (Å²) in [5, 5.41) is 7.09. The number of rotatable bonds is 7. The lowest BCUT2D eigenvalue weighted by atomic mass is 9.88. The fourth-order valence-corrected chi connectivity index (χ4v) is 2.79. The van der Waals surface area contributed by atoms with Crippen molar-refractivity contribution in [1.29, 1.82) is 0 Å². The maximum Gasteiger partial charge on any atom is 0.0943 e. The van der Waals surface area contributed by atoms with Gasteiger partial charge in [0.25, 0.3) is 0 Å². The molecule has 3 heteroatoms. The summed E-state index contributed by atoms with van der Waals surface area (Å²) in [6.45, 7) is 12.4. The molecule has 1 unspecified atom stereocenters. The highest BCUT2D eigenvalue weighted by atomic mass is 32.1. The fraction of sp³-hybridized carbons (Fsp3) is 0.800. The summed E-state index contributed by atoms with van der Waals surface area (Å²) in [7, 11) is 0. The van der Waals surface area contributed by atoms with Crippen LogP contribution in [0.1, 0.15) is 57.7 Å². The van der Waals surface area contributed by atoms with E-state index in [4.69, 9.17) is 0 Å². The lowest BCUT2D eigenvalue weighted by molar-refractivity contribution is 0.328. The molecule has 0 spiro atoms. The molecule has 0 bridgehead atoms. The van der Waals surface area contributed by atoms with Crippen LogP contribution in [-0.4, -0.2) is 17.6 Å². The molecule has 1 aromatic heterocycles. The number of hydrogen-bond donors (Lipinski definition) is 1. The Balaban J connectivity index is 2.49. The maximum atomic E-state index is 4.58. The quantitative estimate of drug-likeness (QED) is 0.802. The Morgan fingerprint density at radius 2 is 2.11 bits per heavy atom. The third-order valence-corrected chi connectivity index (χ3v) is 4.00. The first-order valence-corrected chi connectivity index (χ1v) is 7.93. The Bertz CT molecular complexity index is 339. The van der Waals surface area contributed by atoms with Crippen LogP contribution in [0.15, 0.2) is 5.38 Å². The zero-order valence-electron chi connectivity index (χ0n) is 12.5. The zero-order chi connectivity index (χ0) is 13.6. The minimum absolute atomic E-state index is 0.422. The number of aromatic nitrogens is 1. The molecule has 1 N–H and O–H groups in total. The molecular formula is C15H28N2S. The van der Waals surface area contributed by atoms with Crippen molar-refractivity contribution in [1.82, 2.24) is 10.3 Å².